The molecule has 0 saturated carbocycles. The Morgan fingerprint density at radius 2 is 1.72 bits per heavy atom. The van der Waals surface area contributed by atoms with E-state index in [2.05, 4.69) is 10.5 Å². The molecule has 0 radical (unpaired) electrons. The Hall–Kier alpha value is -3.41. The topological polar surface area (TPSA) is 81.4 Å². The minimum atomic E-state index is -0.727. The fourth-order valence-electron chi connectivity index (χ4n) is 2.24. The Labute approximate surface area is 144 Å². The lowest BCUT2D eigenvalue weighted by Crippen LogP contribution is -2.20. The summed E-state index contributed by atoms with van der Waals surface area (Å²) in [5.41, 5.74) is 3.33. The van der Waals surface area contributed by atoms with E-state index >= 15 is 0 Å². The first-order valence-electron chi connectivity index (χ1n) is 7.67. The summed E-state index contributed by atoms with van der Waals surface area (Å²) < 4.78 is 9.66. The summed E-state index contributed by atoms with van der Waals surface area (Å²) in [6, 6.07) is 18.8. The zero-order chi connectivity index (χ0) is 17.6. The highest BCUT2D eigenvalue weighted by Crippen LogP contribution is 2.20. The number of esters is 1. The van der Waals surface area contributed by atoms with Crippen LogP contribution < -0.4 is 5.32 Å². The molecule has 0 saturated heterocycles. The second-order valence-corrected chi connectivity index (χ2v) is 5.40. The van der Waals surface area contributed by atoms with Gasteiger partial charge in [0, 0.05) is 11.8 Å². The molecule has 1 amide bonds. The zero-order valence-electron chi connectivity index (χ0n) is 13.6. The third kappa shape index (κ3) is 4.32. The molecule has 0 bridgehead atoms. The number of hydrogen-bond acceptors (Lipinski definition) is 5. The molecule has 0 spiro atoms. The molecule has 6 heteroatoms. The Kier molecular flexibility index (Phi) is 4.89. The lowest BCUT2D eigenvalue weighted by Gasteiger charge is -2.07. The van der Waals surface area contributed by atoms with Gasteiger partial charge in [-0.1, -0.05) is 47.6 Å². The van der Waals surface area contributed by atoms with E-state index in [1.807, 2.05) is 42.5 Å². The predicted octanol–water partition coefficient (Wildman–Crippen LogP) is 3.45. The Morgan fingerprint density at radius 1 is 1.04 bits per heavy atom. The molecule has 25 heavy (non-hydrogen) atoms. The summed E-state index contributed by atoms with van der Waals surface area (Å²) >= 11 is 0. The quantitative estimate of drug-likeness (QED) is 0.722. The van der Waals surface area contributed by atoms with Crippen LogP contribution in [0.1, 0.15) is 16.2 Å². The van der Waals surface area contributed by atoms with E-state index in [4.69, 9.17) is 9.26 Å². The van der Waals surface area contributed by atoms with Crippen molar-refractivity contribution in [3.8, 4) is 11.1 Å². The lowest BCUT2D eigenvalue weighted by molar-refractivity contribution is -0.119. The van der Waals surface area contributed by atoms with Crippen LogP contribution in [-0.4, -0.2) is 23.6 Å². The number of amides is 1. The molecule has 1 aromatic heterocycles. The maximum atomic E-state index is 11.9. The van der Waals surface area contributed by atoms with Crippen LogP contribution in [0, 0.1) is 6.92 Å². The molecular weight excluding hydrogens is 320 g/mol. The average Bonchev–Trinajstić information content (AvgIpc) is 3.08. The zero-order valence-corrected chi connectivity index (χ0v) is 13.6. The second kappa shape index (κ2) is 7.44. The molecule has 3 aromatic rings. The molecule has 0 aliphatic rings. The summed E-state index contributed by atoms with van der Waals surface area (Å²) in [5.74, 6) is -1.19. The van der Waals surface area contributed by atoms with E-state index in [1.165, 1.54) is 6.07 Å². The summed E-state index contributed by atoms with van der Waals surface area (Å²) in [7, 11) is 0. The lowest BCUT2D eigenvalue weighted by atomic mass is 10.1. The number of hydrogen-bond donors (Lipinski definition) is 1. The van der Waals surface area contributed by atoms with Crippen molar-refractivity contribution >= 4 is 17.6 Å². The van der Waals surface area contributed by atoms with E-state index in [1.54, 1.807) is 19.1 Å². The van der Waals surface area contributed by atoms with Gasteiger partial charge in [-0.15, -0.1) is 0 Å². The average molecular weight is 336 g/mol. The Morgan fingerprint density at radius 3 is 2.36 bits per heavy atom. The number of rotatable bonds is 5. The highest BCUT2D eigenvalue weighted by molar-refractivity contribution is 5.94. The highest BCUT2D eigenvalue weighted by Gasteiger charge is 2.15. The van der Waals surface area contributed by atoms with Gasteiger partial charge < -0.3 is 14.6 Å². The van der Waals surface area contributed by atoms with Crippen LogP contribution in [0.25, 0.3) is 11.1 Å². The predicted molar refractivity (Wildman–Crippen MR) is 92.0 cm³/mol. The van der Waals surface area contributed by atoms with Crippen LogP contribution >= 0.6 is 0 Å². The van der Waals surface area contributed by atoms with Crippen LogP contribution in [0.2, 0.25) is 0 Å². The fourth-order valence-corrected chi connectivity index (χ4v) is 2.24. The summed E-state index contributed by atoms with van der Waals surface area (Å²) in [5, 5.41) is 6.26. The van der Waals surface area contributed by atoms with Crippen LogP contribution in [0.5, 0.6) is 0 Å². The maximum Gasteiger partial charge on any atom is 0.377 e. The maximum absolute atomic E-state index is 11.9. The van der Waals surface area contributed by atoms with E-state index in [9.17, 15) is 9.59 Å². The largest absolute Gasteiger partial charge is 0.450 e. The third-order valence-electron chi connectivity index (χ3n) is 3.44. The molecule has 1 N–H and O–H groups in total. The number of carbonyl (C=O) groups is 2. The van der Waals surface area contributed by atoms with Gasteiger partial charge in [0.05, 0.1) is 5.69 Å². The molecular formula is C19H16N2O4. The van der Waals surface area contributed by atoms with Gasteiger partial charge in [-0.3, -0.25) is 4.79 Å². The molecule has 0 atom stereocenters. The van der Waals surface area contributed by atoms with E-state index in [-0.39, 0.29) is 5.76 Å². The van der Waals surface area contributed by atoms with Crippen molar-refractivity contribution in [1.82, 2.24) is 5.16 Å². The molecule has 0 unspecified atom stereocenters. The SMILES string of the molecule is Cc1cc(C(=O)OCC(=O)Nc2ccc(-c3ccccc3)cc2)on1. The van der Waals surface area contributed by atoms with Crippen molar-refractivity contribution in [2.75, 3.05) is 11.9 Å². The number of aryl methyl sites for hydroxylation is 1. The fraction of sp³-hybridized carbons (Fsp3) is 0.105. The third-order valence-corrected chi connectivity index (χ3v) is 3.44. The van der Waals surface area contributed by atoms with Crippen molar-refractivity contribution in [2.45, 2.75) is 6.92 Å². The van der Waals surface area contributed by atoms with Crippen molar-refractivity contribution in [2.24, 2.45) is 0 Å². The molecule has 2 aromatic carbocycles. The van der Waals surface area contributed by atoms with E-state index < -0.39 is 18.5 Å². The van der Waals surface area contributed by atoms with Crippen molar-refractivity contribution in [1.29, 1.82) is 0 Å². The number of aromatic nitrogens is 1. The summed E-state index contributed by atoms with van der Waals surface area (Å²) in [6.45, 7) is 1.28. The van der Waals surface area contributed by atoms with Gasteiger partial charge in [0.2, 0.25) is 5.76 Å². The standard InChI is InChI=1S/C19H16N2O4/c1-13-11-17(25-21-13)19(23)24-12-18(22)20-16-9-7-15(8-10-16)14-5-3-2-4-6-14/h2-11H,12H2,1H3,(H,20,22). The van der Waals surface area contributed by atoms with Gasteiger partial charge in [-0.05, 0) is 30.2 Å². The first-order valence-corrected chi connectivity index (χ1v) is 7.67. The number of anilines is 1. The molecule has 6 nitrogen and oxygen atoms in total. The van der Waals surface area contributed by atoms with Gasteiger partial charge in [-0.25, -0.2) is 4.79 Å². The smallest absolute Gasteiger partial charge is 0.377 e. The molecule has 0 fully saturated rings. The summed E-state index contributed by atoms with van der Waals surface area (Å²) in [4.78, 5) is 23.6. The first kappa shape index (κ1) is 16.4. The van der Waals surface area contributed by atoms with Gasteiger partial charge in [0.25, 0.3) is 5.91 Å². The highest BCUT2D eigenvalue weighted by atomic mass is 16.6. The van der Waals surface area contributed by atoms with Crippen LogP contribution in [0.3, 0.4) is 0 Å². The number of nitrogens with zero attached hydrogens (tertiary/aromatic N) is 1. The molecule has 3 rings (SSSR count). The summed E-state index contributed by atoms with van der Waals surface area (Å²) in [6.07, 6.45) is 0. The van der Waals surface area contributed by atoms with Crippen LogP contribution in [0.15, 0.2) is 65.2 Å². The Balaban J connectivity index is 1.53. The van der Waals surface area contributed by atoms with Crippen LogP contribution in [-0.2, 0) is 9.53 Å². The minimum Gasteiger partial charge on any atom is -0.450 e. The number of ether oxygens (including phenoxy) is 1. The number of benzene rings is 2. The monoisotopic (exact) mass is 336 g/mol. The molecule has 0 aliphatic heterocycles. The van der Waals surface area contributed by atoms with Crippen molar-refractivity contribution in [3.05, 3.63) is 72.1 Å². The van der Waals surface area contributed by atoms with Crippen molar-refractivity contribution in [3.63, 3.8) is 0 Å². The van der Waals surface area contributed by atoms with Crippen LogP contribution in [0.4, 0.5) is 5.69 Å². The molecule has 1 heterocycles. The number of nitrogens with one attached hydrogen (secondary N) is 1. The second-order valence-electron chi connectivity index (χ2n) is 5.40. The molecule has 126 valence electrons. The Bertz CT molecular complexity index is 870. The van der Waals surface area contributed by atoms with Gasteiger partial charge in [0.15, 0.2) is 6.61 Å². The van der Waals surface area contributed by atoms with Gasteiger partial charge in [-0.2, -0.15) is 0 Å². The number of carbonyl (C=O) groups excluding carboxylic acids is 2. The van der Waals surface area contributed by atoms with Crippen molar-refractivity contribution < 1.29 is 18.8 Å². The molecule has 0 aliphatic carbocycles. The van der Waals surface area contributed by atoms with Gasteiger partial charge in [0.1, 0.15) is 0 Å². The first-order chi connectivity index (χ1) is 12.1. The van der Waals surface area contributed by atoms with Gasteiger partial charge >= 0.3 is 5.97 Å². The minimum absolute atomic E-state index is 0.0301. The normalized spacial score (nSPS) is 10.3. The van der Waals surface area contributed by atoms with E-state index in [0.717, 1.165) is 11.1 Å². The van der Waals surface area contributed by atoms with E-state index in [0.29, 0.717) is 11.4 Å².